The Labute approximate surface area is 122 Å². The standard InChI is InChI=1S/C13H9BrClNO3/c14-7-1-3-9(11(17)5-7)13(19)16-8-2-4-10(15)12(18)6-8/h1-6,17-18H,(H,16,19). The Hall–Kier alpha value is -1.72. The molecule has 0 atom stereocenters. The average molecular weight is 343 g/mol. The summed E-state index contributed by atoms with van der Waals surface area (Å²) in [5.41, 5.74) is 0.520. The summed E-state index contributed by atoms with van der Waals surface area (Å²) in [6, 6.07) is 8.91. The van der Waals surface area contributed by atoms with Crippen molar-refractivity contribution in [3.05, 3.63) is 51.5 Å². The summed E-state index contributed by atoms with van der Waals surface area (Å²) in [4.78, 5) is 11.9. The molecular weight excluding hydrogens is 334 g/mol. The van der Waals surface area contributed by atoms with Crippen LogP contribution in [0.25, 0.3) is 0 Å². The zero-order valence-electron chi connectivity index (χ0n) is 9.52. The van der Waals surface area contributed by atoms with Crippen LogP contribution in [0.3, 0.4) is 0 Å². The lowest BCUT2D eigenvalue weighted by Crippen LogP contribution is -2.11. The van der Waals surface area contributed by atoms with E-state index in [1.807, 2.05) is 0 Å². The highest BCUT2D eigenvalue weighted by atomic mass is 79.9. The Bertz CT molecular complexity index is 646. The van der Waals surface area contributed by atoms with E-state index in [4.69, 9.17) is 11.6 Å². The van der Waals surface area contributed by atoms with Gasteiger partial charge in [-0.1, -0.05) is 27.5 Å². The average Bonchev–Trinajstić information content (AvgIpc) is 2.33. The molecule has 0 saturated heterocycles. The minimum absolute atomic E-state index is 0.125. The highest BCUT2D eigenvalue weighted by Gasteiger charge is 2.12. The second kappa shape index (κ2) is 5.50. The first-order valence-electron chi connectivity index (χ1n) is 5.26. The van der Waals surface area contributed by atoms with Gasteiger partial charge in [0, 0.05) is 16.2 Å². The lowest BCUT2D eigenvalue weighted by Gasteiger charge is -2.08. The number of carbonyl (C=O) groups is 1. The fourth-order valence-electron chi connectivity index (χ4n) is 1.49. The zero-order valence-corrected chi connectivity index (χ0v) is 11.9. The maximum absolute atomic E-state index is 11.9. The highest BCUT2D eigenvalue weighted by Crippen LogP contribution is 2.27. The van der Waals surface area contributed by atoms with Gasteiger partial charge in [-0.2, -0.15) is 0 Å². The Morgan fingerprint density at radius 1 is 1.11 bits per heavy atom. The number of carbonyl (C=O) groups excluding carboxylic acids is 1. The molecule has 0 saturated carbocycles. The van der Waals surface area contributed by atoms with Crippen molar-refractivity contribution in [1.82, 2.24) is 0 Å². The predicted octanol–water partition coefficient (Wildman–Crippen LogP) is 3.77. The Balaban J connectivity index is 2.23. The fourth-order valence-corrected chi connectivity index (χ4v) is 1.95. The van der Waals surface area contributed by atoms with Crippen molar-refractivity contribution in [3.63, 3.8) is 0 Å². The SMILES string of the molecule is O=C(Nc1ccc(Cl)c(O)c1)c1ccc(Br)cc1O. The molecule has 4 nitrogen and oxygen atoms in total. The van der Waals surface area contributed by atoms with Gasteiger partial charge in [-0.3, -0.25) is 4.79 Å². The van der Waals surface area contributed by atoms with Crippen molar-refractivity contribution >= 4 is 39.1 Å². The van der Waals surface area contributed by atoms with Crippen LogP contribution in [0.2, 0.25) is 5.02 Å². The van der Waals surface area contributed by atoms with Crippen molar-refractivity contribution in [2.75, 3.05) is 5.32 Å². The quantitative estimate of drug-likeness (QED) is 0.778. The number of aromatic hydroxyl groups is 2. The number of hydrogen-bond acceptors (Lipinski definition) is 3. The lowest BCUT2D eigenvalue weighted by atomic mass is 10.2. The number of nitrogens with one attached hydrogen (secondary N) is 1. The van der Waals surface area contributed by atoms with Crippen LogP contribution >= 0.6 is 27.5 Å². The summed E-state index contributed by atoms with van der Waals surface area (Å²) < 4.78 is 0.672. The minimum Gasteiger partial charge on any atom is -0.507 e. The van der Waals surface area contributed by atoms with Gasteiger partial charge in [-0.05, 0) is 30.3 Å². The number of rotatable bonds is 2. The van der Waals surface area contributed by atoms with Crippen LogP contribution in [0.4, 0.5) is 5.69 Å². The molecule has 0 fully saturated rings. The molecule has 6 heteroatoms. The van der Waals surface area contributed by atoms with Crippen LogP contribution in [0.5, 0.6) is 11.5 Å². The maximum Gasteiger partial charge on any atom is 0.259 e. The number of anilines is 1. The van der Waals surface area contributed by atoms with Gasteiger partial charge in [-0.25, -0.2) is 0 Å². The van der Waals surface area contributed by atoms with E-state index in [-0.39, 0.29) is 22.1 Å². The van der Waals surface area contributed by atoms with Crippen LogP contribution in [0.15, 0.2) is 40.9 Å². The van der Waals surface area contributed by atoms with Gasteiger partial charge in [0.1, 0.15) is 11.5 Å². The van der Waals surface area contributed by atoms with Gasteiger partial charge in [0.15, 0.2) is 0 Å². The third kappa shape index (κ3) is 3.19. The molecule has 0 spiro atoms. The molecule has 0 heterocycles. The summed E-state index contributed by atoms with van der Waals surface area (Å²) >= 11 is 8.86. The minimum atomic E-state index is -0.480. The van der Waals surface area contributed by atoms with Crippen molar-refractivity contribution in [1.29, 1.82) is 0 Å². The Kier molecular flexibility index (Phi) is 3.97. The van der Waals surface area contributed by atoms with E-state index in [0.717, 1.165) is 0 Å². The van der Waals surface area contributed by atoms with E-state index in [1.165, 1.54) is 24.3 Å². The molecule has 2 aromatic rings. The van der Waals surface area contributed by atoms with E-state index in [1.54, 1.807) is 12.1 Å². The molecule has 0 aliphatic carbocycles. The number of phenols is 2. The van der Waals surface area contributed by atoms with Crippen molar-refractivity contribution in [2.24, 2.45) is 0 Å². The van der Waals surface area contributed by atoms with Gasteiger partial charge in [0.05, 0.1) is 10.6 Å². The topological polar surface area (TPSA) is 69.6 Å². The summed E-state index contributed by atoms with van der Waals surface area (Å²) in [6.07, 6.45) is 0. The first kappa shape index (κ1) is 13.7. The van der Waals surface area contributed by atoms with Crippen LogP contribution in [0.1, 0.15) is 10.4 Å². The Morgan fingerprint density at radius 3 is 2.47 bits per heavy atom. The molecule has 19 heavy (non-hydrogen) atoms. The van der Waals surface area contributed by atoms with E-state index in [2.05, 4.69) is 21.2 Å². The number of benzene rings is 2. The Morgan fingerprint density at radius 2 is 1.84 bits per heavy atom. The van der Waals surface area contributed by atoms with Crippen LogP contribution in [-0.2, 0) is 0 Å². The smallest absolute Gasteiger partial charge is 0.259 e. The van der Waals surface area contributed by atoms with Gasteiger partial charge >= 0.3 is 0 Å². The fraction of sp³-hybridized carbons (Fsp3) is 0. The van der Waals surface area contributed by atoms with Gasteiger partial charge < -0.3 is 15.5 Å². The van der Waals surface area contributed by atoms with E-state index < -0.39 is 5.91 Å². The molecule has 0 aliphatic rings. The molecule has 98 valence electrons. The summed E-state index contributed by atoms with van der Waals surface area (Å²) in [7, 11) is 0. The molecule has 2 aromatic carbocycles. The molecule has 3 N–H and O–H groups in total. The third-order valence-electron chi connectivity index (χ3n) is 2.41. The summed E-state index contributed by atoms with van der Waals surface area (Å²) in [5.74, 6) is -0.740. The number of phenolic OH excluding ortho intramolecular Hbond substituents is 2. The monoisotopic (exact) mass is 341 g/mol. The second-order valence-corrected chi connectivity index (χ2v) is 5.10. The van der Waals surface area contributed by atoms with E-state index >= 15 is 0 Å². The van der Waals surface area contributed by atoms with Gasteiger partial charge in [0.25, 0.3) is 5.91 Å². The largest absolute Gasteiger partial charge is 0.507 e. The molecule has 0 bridgehead atoms. The van der Waals surface area contributed by atoms with Gasteiger partial charge in [0.2, 0.25) is 0 Å². The normalized spacial score (nSPS) is 10.2. The molecule has 0 unspecified atom stereocenters. The molecule has 0 radical (unpaired) electrons. The van der Waals surface area contributed by atoms with Crippen LogP contribution < -0.4 is 5.32 Å². The molecule has 2 rings (SSSR count). The zero-order chi connectivity index (χ0) is 14.0. The number of hydrogen-bond donors (Lipinski definition) is 3. The van der Waals surface area contributed by atoms with Crippen molar-refractivity contribution < 1.29 is 15.0 Å². The lowest BCUT2D eigenvalue weighted by molar-refractivity contribution is 0.102. The number of amides is 1. The number of halogens is 2. The summed E-state index contributed by atoms with van der Waals surface area (Å²) in [5, 5.41) is 21.9. The predicted molar refractivity (Wildman–Crippen MR) is 76.9 cm³/mol. The van der Waals surface area contributed by atoms with Gasteiger partial charge in [-0.15, -0.1) is 0 Å². The first-order valence-corrected chi connectivity index (χ1v) is 6.43. The van der Waals surface area contributed by atoms with Crippen molar-refractivity contribution in [2.45, 2.75) is 0 Å². The van der Waals surface area contributed by atoms with E-state index in [0.29, 0.717) is 10.2 Å². The van der Waals surface area contributed by atoms with Crippen LogP contribution in [0, 0.1) is 0 Å². The molecule has 1 amide bonds. The van der Waals surface area contributed by atoms with Crippen LogP contribution in [-0.4, -0.2) is 16.1 Å². The molecular formula is C13H9BrClNO3. The maximum atomic E-state index is 11.9. The molecule has 0 aromatic heterocycles. The van der Waals surface area contributed by atoms with Crippen molar-refractivity contribution in [3.8, 4) is 11.5 Å². The second-order valence-electron chi connectivity index (χ2n) is 3.78. The molecule has 0 aliphatic heterocycles. The highest BCUT2D eigenvalue weighted by molar-refractivity contribution is 9.10. The third-order valence-corrected chi connectivity index (χ3v) is 3.22. The first-order chi connectivity index (χ1) is 8.97. The van der Waals surface area contributed by atoms with E-state index in [9.17, 15) is 15.0 Å². The summed E-state index contributed by atoms with van der Waals surface area (Å²) in [6.45, 7) is 0.